The number of fused-ring (bicyclic) bond motifs is 2. The molecule has 0 saturated carbocycles. The van der Waals surface area contributed by atoms with Gasteiger partial charge in [-0.15, -0.1) is 20.4 Å². The van der Waals surface area contributed by atoms with Gasteiger partial charge in [-0.05, 0) is 36.4 Å². The van der Waals surface area contributed by atoms with E-state index in [1.807, 2.05) is 42.5 Å². The monoisotopic (exact) mass is 540 g/mol. The first-order valence-corrected chi connectivity index (χ1v) is 13.0. The van der Waals surface area contributed by atoms with Gasteiger partial charge in [-0.2, -0.15) is 19.2 Å². The van der Waals surface area contributed by atoms with Gasteiger partial charge in [-0.1, -0.05) is 28.7 Å². The lowest BCUT2D eigenvalue weighted by Gasteiger charge is -2.08. The summed E-state index contributed by atoms with van der Waals surface area (Å²) in [6, 6.07) is 15.0. The molecule has 1 aromatic carbocycles. The van der Waals surface area contributed by atoms with Gasteiger partial charge in [0.2, 0.25) is 9.92 Å². The fourth-order valence-electron chi connectivity index (χ4n) is 3.66. The largest absolute Gasteiger partial charge is 0.485 e. The molecule has 0 saturated heterocycles. The Balaban J connectivity index is 1.03. The van der Waals surface area contributed by atoms with Gasteiger partial charge in [0.05, 0.1) is 0 Å². The average Bonchev–Trinajstić information content (AvgIpc) is 3.74. The Kier molecular flexibility index (Phi) is 5.64. The van der Waals surface area contributed by atoms with Crippen molar-refractivity contribution in [2.75, 3.05) is 0 Å². The van der Waals surface area contributed by atoms with Crippen LogP contribution in [0.2, 0.25) is 0 Å². The molecular weight excluding hydrogens is 524 g/mol. The Morgan fingerprint density at radius 2 is 1.16 bits per heavy atom. The number of nitrogens with zero attached hydrogens (tertiary/aromatic N) is 10. The van der Waals surface area contributed by atoms with E-state index in [0.29, 0.717) is 33.1 Å². The highest BCUT2D eigenvalue weighted by molar-refractivity contribution is 7.20. The fraction of sp³-hybridized carbons (Fsp3) is 0.0833. The third-order valence-corrected chi connectivity index (χ3v) is 7.36. The first-order chi connectivity index (χ1) is 18.8. The first-order valence-electron chi connectivity index (χ1n) is 11.4. The molecule has 0 fully saturated rings. The van der Waals surface area contributed by atoms with Gasteiger partial charge in [-0.25, -0.2) is 0 Å². The van der Waals surface area contributed by atoms with Crippen molar-refractivity contribution in [2.24, 2.45) is 0 Å². The van der Waals surface area contributed by atoms with Crippen LogP contribution in [0.1, 0.15) is 11.6 Å². The van der Waals surface area contributed by atoms with Crippen molar-refractivity contribution < 1.29 is 9.47 Å². The summed E-state index contributed by atoms with van der Waals surface area (Å²) >= 11 is 2.89. The summed E-state index contributed by atoms with van der Waals surface area (Å²) in [5.74, 6) is 2.44. The maximum Gasteiger partial charge on any atom is 0.235 e. The zero-order valence-electron chi connectivity index (χ0n) is 19.4. The Bertz CT molecular complexity index is 1710. The van der Waals surface area contributed by atoms with Crippen LogP contribution >= 0.6 is 22.7 Å². The minimum Gasteiger partial charge on any atom is -0.485 e. The number of ether oxygens (including phenoxy) is 2. The molecule has 6 aromatic heterocycles. The summed E-state index contributed by atoms with van der Waals surface area (Å²) < 4.78 is 15.3. The summed E-state index contributed by atoms with van der Waals surface area (Å²) in [7, 11) is 0. The van der Waals surface area contributed by atoms with E-state index in [1.54, 1.807) is 39.9 Å². The number of aromatic nitrogens is 10. The standard InChI is InChI=1S/C24H16N10O2S2/c1-6-17(35-13-19-27-29-23-33(19)31-21(37-23)15-4-2-8-25-11-15)10-18(7-1)36-14-20-28-30-24-34(20)32-22(38-24)16-5-3-9-26-12-16/h1-12H,13-14H2. The van der Waals surface area contributed by atoms with E-state index in [-0.39, 0.29) is 13.2 Å². The predicted molar refractivity (Wildman–Crippen MR) is 139 cm³/mol. The predicted octanol–water partition coefficient (Wildman–Crippen LogP) is 3.97. The highest BCUT2D eigenvalue weighted by Gasteiger charge is 2.15. The first kappa shape index (κ1) is 22.4. The lowest BCUT2D eigenvalue weighted by atomic mass is 10.3. The van der Waals surface area contributed by atoms with Gasteiger partial charge in [0.1, 0.15) is 34.7 Å². The van der Waals surface area contributed by atoms with Crippen molar-refractivity contribution in [3.8, 4) is 32.6 Å². The van der Waals surface area contributed by atoms with Gasteiger partial charge in [0.15, 0.2) is 11.6 Å². The second-order valence-corrected chi connectivity index (χ2v) is 9.88. The van der Waals surface area contributed by atoms with Gasteiger partial charge < -0.3 is 9.47 Å². The van der Waals surface area contributed by atoms with Crippen LogP contribution in [0.3, 0.4) is 0 Å². The van der Waals surface area contributed by atoms with E-state index >= 15 is 0 Å². The molecule has 0 unspecified atom stereocenters. The van der Waals surface area contributed by atoms with Crippen molar-refractivity contribution in [1.82, 2.24) is 49.6 Å². The molecule has 0 atom stereocenters. The number of rotatable bonds is 8. The van der Waals surface area contributed by atoms with Crippen LogP contribution in [0, 0.1) is 0 Å². The van der Waals surface area contributed by atoms with E-state index in [9.17, 15) is 0 Å². The molecule has 0 radical (unpaired) electrons. The minimum absolute atomic E-state index is 0.196. The van der Waals surface area contributed by atoms with Crippen LogP contribution < -0.4 is 9.47 Å². The molecule has 0 aliphatic heterocycles. The third-order valence-electron chi connectivity index (χ3n) is 5.47. The van der Waals surface area contributed by atoms with Crippen LogP contribution in [0.25, 0.3) is 31.1 Å². The summed E-state index contributed by atoms with van der Waals surface area (Å²) in [6.07, 6.45) is 7.00. The molecule has 0 aliphatic rings. The van der Waals surface area contributed by atoms with Crippen LogP contribution in [0.5, 0.6) is 11.5 Å². The van der Waals surface area contributed by atoms with Gasteiger partial charge in [-0.3, -0.25) is 9.97 Å². The van der Waals surface area contributed by atoms with Gasteiger partial charge in [0, 0.05) is 42.0 Å². The zero-order valence-corrected chi connectivity index (χ0v) is 21.1. The molecule has 0 bridgehead atoms. The third kappa shape index (κ3) is 4.31. The Labute approximate surface area is 222 Å². The minimum atomic E-state index is 0.196. The summed E-state index contributed by atoms with van der Waals surface area (Å²) in [5, 5.41) is 27.7. The normalized spacial score (nSPS) is 11.4. The second kappa shape index (κ2) is 9.57. The molecule has 186 valence electrons. The SMILES string of the molecule is c1cc(OCc2nnc3sc(-c4cccnc4)nn23)cc(OCc2nnc3sc(-c4cccnc4)nn23)c1. The molecule has 0 N–H and O–H groups in total. The molecule has 12 nitrogen and oxygen atoms in total. The van der Waals surface area contributed by atoms with Crippen LogP contribution in [0.15, 0.2) is 73.3 Å². The van der Waals surface area contributed by atoms with E-state index in [1.165, 1.54) is 22.7 Å². The summed E-state index contributed by atoms with van der Waals surface area (Å²) in [6.45, 7) is 0.392. The molecule has 0 amide bonds. The zero-order chi connectivity index (χ0) is 25.3. The number of hydrogen-bond acceptors (Lipinski definition) is 12. The smallest absolute Gasteiger partial charge is 0.235 e. The van der Waals surface area contributed by atoms with Gasteiger partial charge in [0.25, 0.3) is 0 Å². The van der Waals surface area contributed by atoms with Crippen LogP contribution in [-0.2, 0) is 13.2 Å². The lowest BCUT2D eigenvalue weighted by molar-refractivity contribution is 0.277. The Hall–Kier alpha value is -4.82. The number of hydrogen-bond donors (Lipinski definition) is 0. The van der Waals surface area contributed by atoms with Crippen LogP contribution in [-0.4, -0.2) is 49.6 Å². The maximum atomic E-state index is 5.97. The summed E-state index contributed by atoms with van der Waals surface area (Å²) in [4.78, 5) is 9.68. The fourth-order valence-corrected chi connectivity index (χ4v) is 5.35. The molecule has 6 heterocycles. The molecular formula is C24H16N10O2S2. The molecule has 0 aliphatic carbocycles. The van der Waals surface area contributed by atoms with Crippen LogP contribution in [0.4, 0.5) is 0 Å². The van der Waals surface area contributed by atoms with Crippen molar-refractivity contribution in [3.63, 3.8) is 0 Å². The molecule has 0 spiro atoms. The Morgan fingerprint density at radius 3 is 1.63 bits per heavy atom. The van der Waals surface area contributed by atoms with Crippen molar-refractivity contribution in [3.05, 3.63) is 85.0 Å². The van der Waals surface area contributed by atoms with Crippen molar-refractivity contribution >= 4 is 32.6 Å². The highest BCUT2D eigenvalue weighted by Crippen LogP contribution is 2.27. The van der Waals surface area contributed by atoms with E-state index < -0.39 is 0 Å². The van der Waals surface area contributed by atoms with E-state index in [4.69, 9.17) is 9.47 Å². The lowest BCUT2D eigenvalue weighted by Crippen LogP contribution is -2.04. The second-order valence-electron chi connectivity index (χ2n) is 7.97. The number of benzene rings is 1. The topological polar surface area (TPSA) is 130 Å². The Morgan fingerprint density at radius 1 is 0.632 bits per heavy atom. The average molecular weight is 541 g/mol. The molecule has 14 heteroatoms. The highest BCUT2D eigenvalue weighted by atomic mass is 32.1. The quantitative estimate of drug-likeness (QED) is 0.279. The molecule has 38 heavy (non-hydrogen) atoms. The van der Waals surface area contributed by atoms with E-state index in [0.717, 1.165) is 21.1 Å². The van der Waals surface area contributed by atoms with Gasteiger partial charge >= 0.3 is 0 Å². The van der Waals surface area contributed by atoms with Crippen molar-refractivity contribution in [1.29, 1.82) is 0 Å². The number of pyridine rings is 2. The molecule has 7 rings (SSSR count). The van der Waals surface area contributed by atoms with Crippen molar-refractivity contribution in [2.45, 2.75) is 13.2 Å². The summed E-state index contributed by atoms with van der Waals surface area (Å²) in [5.41, 5.74) is 1.85. The molecule has 7 aromatic rings. The van der Waals surface area contributed by atoms with E-state index in [2.05, 4.69) is 40.6 Å². The maximum absolute atomic E-state index is 5.97.